The van der Waals surface area contributed by atoms with Gasteiger partial charge in [-0.2, -0.15) is 0 Å². The van der Waals surface area contributed by atoms with Crippen LogP contribution >= 0.6 is 0 Å². The van der Waals surface area contributed by atoms with Crippen molar-refractivity contribution in [1.82, 2.24) is 0 Å². The average Bonchev–Trinajstić information content (AvgIpc) is 2.62. The third-order valence-electron chi connectivity index (χ3n) is 4.87. The molecule has 3 heteroatoms. The predicted molar refractivity (Wildman–Crippen MR) is 88.9 cm³/mol. The maximum Gasteiger partial charge on any atom is 0.336 e. The molecule has 0 heterocycles. The van der Waals surface area contributed by atoms with Crippen molar-refractivity contribution in [2.24, 2.45) is 0 Å². The van der Waals surface area contributed by atoms with Crippen molar-refractivity contribution in [2.45, 2.75) is 37.5 Å². The molecule has 0 spiro atoms. The molecule has 1 saturated carbocycles. The first-order chi connectivity index (χ1) is 11.1. The van der Waals surface area contributed by atoms with E-state index in [4.69, 9.17) is 0 Å². The molecular formula is C20H20O3. The van der Waals surface area contributed by atoms with Gasteiger partial charge in [-0.3, -0.25) is 4.79 Å². The fourth-order valence-corrected chi connectivity index (χ4v) is 3.68. The summed E-state index contributed by atoms with van der Waals surface area (Å²) in [6.07, 6.45) is 4.68. The summed E-state index contributed by atoms with van der Waals surface area (Å²) < 4.78 is 0. The molecule has 0 aliphatic heterocycles. The fraction of sp³-hybridized carbons (Fsp3) is 0.300. The van der Waals surface area contributed by atoms with Crippen molar-refractivity contribution in [3.8, 4) is 0 Å². The van der Waals surface area contributed by atoms with E-state index in [2.05, 4.69) is 0 Å². The highest BCUT2D eigenvalue weighted by molar-refractivity contribution is 6.10. The molecular weight excluding hydrogens is 288 g/mol. The first-order valence-corrected chi connectivity index (χ1v) is 8.08. The predicted octanol–water partition coefficient (Wildman–Crippen LogP) is 4.47. The van der Waals surface area contributed by atoms with E-state index >= 15 is 0 Å². The monoisotopic (exact) mass is 308 g/mol. The molecule has 23 heavy (non-hydrogen) atoms. The quantitative estimate of drug-likeness (QED) is 0.848. The van der Waals surface area contributed by atoms with Gasteiger partial charge in [-0.15, -0.1) is 0 Å². The largest absolute Gasteiger partial charge is 0.478 e. The minimum absolute atomic E-state index is 0.0543. The van der Waals surface area contributed by atoms with Crippen molar-refractivity contribution in [1.29, 1.82) is 0 Å². The zero-order chi connectivity index (χ0) is 16.3. The van der Waals surface area contributed by atoms with Crippen molar-refractivity contribution in [3.63, 3.8) is 0 Å². The number of hydrogen-bond donors (Lipinski definition) is 1. The molecule has 3 nitrogen and oxygen atoms in total. The lowest BCUT2D eigenvalue weighted by molar-refractivity contribution is 0.0686. The summed E-state index contributed by atoms with van der Waals surface area (Å²) in [5.74, 6) is -1.10. The summed E-state index contributed by atoms with van der Waals surface area (Å²) in [4.78, 5) is 24.9. The highest BCUT2D eigenvalue weighted by Crippen LogP contribution is 2.42. The highest BCUT2D eigenvalue weighted by Gasteiger charge is 2.42. The summed E-state index contributed by atoms with van der Waals surface area (Å²) in [6, 6.07) is 16.4. The minimum Gasteiger partial charge on any atom is -0.478 e. The number of carbonyl (C=O) groups excluding carboxylic acids is 1. The average molecular weight is 308 g/mol. The van der Waals surface area contributed by atoms with Crippen LogP contribution in [0.4, 0.5) is 0 Å². The Balaban J connectivity index is 2.11. The number of rotatable bonds is 4. The Kier molecular flexibility index (Phi) is 4.28. The number of benzene rings is 2. The van der Waals surface area contributed by atoms with Crippen LogP contribution in [0.1, 0.15) is 58.4 Å². The Labute approximate surface area is 136 Å². The summed E-state index contributed by atoms with van der Waals surface area (Å²) in [5.41, 5.74) is 0.833. The zero-order valence-corrected chi connectivity index (χ0v) is 13.0. The summed E-state index contributed by atoms with van der Waals surface area (Å²) in [6.45, 7) is 0. The normalized spacial score (nSPS) is 16.7. The lowest BCUT2D eigenvalue weighted by atomic mass is 9.65. The van der Waals surface area contributed by atoms with Crippen LogP contribution < -0.4 is 0 Å². The number of hydrogen-bond acceptors (Lipinski definition) is 2. The van der Waals surface area contributed by atoms with Crippen LogP contribution in [-0.4, -0.2) is 16.9 Å². The van der Waals surface area contributed by atoms with Crippen LogP contribution in [0.2, 0.25) is 0 Å². The van der Waals surface area contributed by atoms with Gasteiger partial charge in [0.05, 0.1) is 11.0 Å². The SMILES string of the molecule is O=C(O)c1ccccc1C(=O)C1(c2ccccc2)CCCCC1. The molecule has 0 saturated heterocycles. The fourth-order valence-electron chi connectivity index (χ4n) is 3.68. The Morgan fingerprint density at radius 2 is 1.35 bits per heavy atom. The van der Waals surface area contributed by atoms with E-state index in [1.165, 1.54) is 6.07 Å². The summed E-state index contributed by atoms with van der Waals surface area (Å²) in [7, 11) is 0. The number of Topliss-reactive ketones (excluding diaryl/α,β-unsaturated/α-hetero) is 1. The maximum atomic E-state index is 13.4. The van der Waals surface area contributed by atoms with E-state index in [1.54, 1.807) is 18.2 Å². The third kappa shape index (κ3) is 2.79. The van der Waals surface area contributed by atoms with Gasteiger partial charge in [0.1, 0.15) is 0 Å². The number of carboxylic acids is 1. The molecule has 0 radical (unpaired) electrons. The summed E-state index contributed by atoms with van der Waals surface area (Å²) >= 11 is 0. The van der Waals surface area contributed by atoms with Crippen LogP contribution in [-0.2, 0) is 5.41 Å². The van der Waals surface area contributed by atoms with Crippen molar-refractivity contribution in [2.75, 3.05) is 0 Å². The number of aromatic carboxylic acids is 1. The van der Waals surface area contributed by atoms with Gasteiger partial charge in [0.25, 0.3) is 0 Å². The Morgan fingerprint density at radius 3 is 1.96 bits per heavy atom. The first-order valence-electron chi connectivity index (χ1n) is 8.08. The van der Waals surface area contributed by atoms with Gasteiger partial charge >= 0.3 is 5.97 Å². The second-order valence-electron chi connectivity index (χ2n) is 6.19. The molecule has 1 aliphatic carbocycles. The highest BCUT2D eigenvalue weighted by atomic mass is 16.4. The second kappa shape index (κ2) is 6.37. The molecule has 1 fully saturated rings. The Morgan fingerprint density at radius 1 is 0.783 bits per heavy atom. The van der Waals surface area contributed by atoms with Gasteiger partial charge in [-0.1, -0.05) is 67.8 Å². The minimum atomic E-state index is -1.05. The van der Waals surface area contributed by atoms with Crippen LogP contribution in [0.3, 0.4) is 0 Å². The van der Waals surface area contributed by atoms with Crippen molar-refractivity contribution >= 4 is 11.8 Å². The molecule has 0 atom stereocenters. The lowest BCUT2D eigenvalue weighted by Gasteiger charge is -2.36. The van der Waals surface area contributed by atoms with E-state index < -0.39 is 11.4 Å². The molecule has 0 bridgehead atoms. The topological polar surface area (TPSA) is 54.4 Å². The second-order valence-corrected chi connectivity index (χ2v) is 6.19. The molecule has 0 aromatic heterocycles. The Hall–Kier alpha value is -2.42. The molecule has 0 amide bonds. The molecule has 3 rings (SSSR count). The van der Waals surface area contributed by atoms with Crippen molar-refractivity contribution < 1.29 is 14.7 Å². The standard InChI is InChI=1S/C20H20O3/c21-18(16-11-5-6-12-17(16)19(22)23)20(13-7-2-8-14-20)15-9-3-1-4-10-15/h1,3-6,9-12H,2,7-8,13-14H2,(H,22,23). The van der Waals surface area contributed by atoms with Gasteiger partial charge in [0.15, 0.2) is 5.78 Å². The number of carbonyl (C=O) groups is 2. The third-order valence-corrected chi connectivity index (χ3v) is 4.87. The van der Waals surface area contributed by atoms with E-state index in [0.717, 1.165) is 37.7 Å². The molecule has 0 unspecified atom stereocenters. The smallest absolute Gasteiger partial charge is 0.336 e. The molecule has 2 aromatic rings. The van der Waals surface area contributed by atoms with Gasteiger partial charge in [-0.05, 0) is 24.5 Å². The van der Waals surface area contributed by atoms with E-state index in [9.17, 15) is 14.7 Å². The number of carboxylic acid groups (broad SMARTS) is 1. The molecule has 2 aromatic carbocycles. The van der Waals surface area contributed by atoms with Gasteiger partial charge in [0.2, 0.25) is 0 Å². The number of ketones is 1. The Bertz CT molecular complexity index is 713. The molecule has 1 N–H and O–H groups in total. The van der Waals surface area contributed by atoms with Gasteiger partial charge in [-0.25, -0.2) is 4.79 Å². The molecule has 118 valence electrons. The molecule has 1 aliphatic rings. The maximum absolute atomic E-state index is 13.4. The van der Waals surface area contributed by atoms with Gasteiger partial charge in [0, 0.05) is 5.56 Å². The van der Waals surface area contributed by atoms with Crippen LogP contribution in [0.15, 0.2) is 54.6 Å². The van der Waals surface area contributed by atoms with Crippen LogP contribution in [0, 0.1) is 0 Å². The van der Waals surface area contributed by atoms with Crippen LogP contribution in [0.25, 0.3) is 0 Å². The summed E-state index contributed by atoms with van der Waals surface area (Å²) in [5, 5.41) is 9.42. The lowest BCUT2D eigenvalue weighted by Crippen LogP contribution is -2.38. The zero-order valence-electron chi connectivity index (χ0n) is 13.0. The van der Waals surface area contributed by atoms with E-state index in [0.29, 0.717) is 5.56 Å². The van der Waals surface area contributed by atoms with Gasteiger partial charge < -0.3 is 5.11 Å². The van der Waals surface area contributed by atoms with Crippen LogP contribution in [0.5, 0.6) is 0 Å². The van der Waals surface area contributed by atoms with E-state index in [-0.39, 0.29) is 11.3 Å². The van der Waals surface area contributed by atoms with E-state index in [1.807, 2.05) is 30.3 Å². The first kappa shape index (κ1) is 15.5. The van der Waals surface area contributed by atoms with Crippen molar-refractivity contribution in [3.05, 3.63) is 71.3 Å².